The number of rotatable bonds is 5. The van der Waals surface area contributed by atoms with E-state index >= 15 is 0 Å². The van der Waals surface area contributed by atoms with Crippen molar-refractivity contribution in [2.75, 3.05) is 26.7 Å². The molecule has 1 heterocycles. The first kappa shape index (κ1) is 20.2. The number of hydrogen-bond acceptors (Lipinski definition) is 4. The van der Waals surface area contributed by atoms with Crippen molar-refractivity contribution < 1.29 is 8.42 Å². The lowest BCUT2D eigenvalue weighted by molar-refractivity contribution is 0.160. The van der Waals surface area contributed by atoms with Gasteiger partial charge in [0.2, 0.25) is 10.0 Å². The van der Waals surface area contributed by atoms with E-state index in [1.165, 1.54) is 0 Å². The molecule has 1 fully saturated rings. The van der Waals surface area contributed by atoms with Crippen LogP contribution in [0.3, 0.4) is 0 Å². The molecule has 1 saturated heterocycles. The molecule has 6 heteroatoms. The Bertz CT molecular complexity index is 1060. The Kier molecular flexibility index (Phi) is 6.06. The topological polar surface area (TPSA) is 40.6 Å². The summed E-state index contributed by atoms with van der Waals surface area (Å²) in [6, 6.07) is 27.0. The second-order valence-corrected chi connectivity index (χ2v) is 10.2. The summed E-state index contributed by atoms with van der Waals surface area (Å²) in [6.07, 6.45) is 0. The van der Waals surface area contributed by atoms with Gasteiger partial charge in [-0.25, -0.2) is 8.42 Å². The van der Waals surface area contributed by atoms with Crippen LogP contribution < -0.4 is 0 Å². The van der Waals surface area contributed by atoms with Crippen molar-refractivity contribution >= 4 is 21.8 Å². The summed E-state index contributed by atoms with van der Waals surface area (Å²) in [6.45, 7) is 1.89. The van der Waals surface area contributed by atoms with Gasteiger partial charge in [-0.3, -0.25) is 0 Å². The molecule has 3 aromatic carbocycles. The number of sulfonamides is 1. The molecule has 1 atom stereocenters. The standard InChI is InChI=1S/C23H24N2O2S2/c1-24-15-16-25(23(18-24)19-9-4-2-5-10-19)29(26,27)22-14-8-13-21(17-22)28-20-11-6-3-7-12-20/h2-14,17,23H,15-16,18H2,1H3. The van der Waals surface area contributed by atoms with Gasteiger partial charge in [0.1, 0.15) is 0 Å². The van der Waals surface area contributed by atoms with Crippen molar-refractivity contribution in [3.63, 3.8) is 0 Å². The third-order valence-corrected chi connectivity index (χ3v) is 8.01. The molecular weight excluding hydrogens is 400 g/mol. The molecular formula is C23H24N2O2S2. The Morgan fingerprint density at radius 3 is 2.21 bits per heavy atom. The zero-order valence-corrected chi connectivity index (χ0v) is 17.9. The van der Waals surface area contributed by atoms with E-state index in [0.29, 0.717) is 18.0 Å². The predicted molar refractivity (Wildman–Crippen MR) is 118 cm³/mol. The smallest absolute Gasteiger partial charge is 0.243 e. The molecule has 4 rings (SSSR count). The third kappa shape index (κ3) is 4.56. The quantitative estimate of drug-likeness (QED) is 0.604. The summed E-state index contributed by atoms with van der Waals surface area (Å²) in [5, 5.41) is 0. The van der Waals surface area contributed by atoms with Gasteiger partial charge in [0.05, 0.1) is 10.9 Å². The molecule has 0 aliphatic carbocycles. The minimum absolute atomic E-state index is 0.189. The summed E-state index contributed by atoms with van der Waals surface area (Å²) in [4.78, 5) is 4.54. The van der Waals surface area contributed by atoms with Crippen molar-refractivity contribution in [1.82, 2.24) is 9.21 Å². The number of likely N-dealkylation sites (N-methyl/N-ethyl adjacent to an activating group) is 1. The highest BCUT2D eigenvalue weighted by atomic mass is 32.2. The molecule has 0 saturated carbocycles. The minimum Gasteiger partial charge on any atom is -0.303 e. The van der Waals surface area contributed by atoms with Crippen LogP contribution in [-0.2, 0) is 10.0 Å². The molecule has 3 aromatic rings. The lowest BCUT2D eigenvalue weighted by Gasteiger charge is -2.39. The Labute approximate surface area is 177 Å². The van der Waals surface area contributed by atoms with Crippen LogP contribution in [0.15, 0.2) is 99.6 Å². The second kappa shape index (κ2) is 8.71. The van der Waals surface area contributed by atoms with Gasteiger partial charge in [0.25, 0.3) is 0 Å². The van der Waals surface area contributed by atoms with Crippen LogP contribution in [0.4, 0.5) is 0 Å². The Morgan fingerprint density at radius 1 is 0.828 bits per heavy atom. The number of hydrogen-bond donors (Lipinski definition) is 0. The lowest BCUT2D eigenvalue weighted by Crippen LogP contribution is -2.49. The van der Waals surface area contributed by atoms with E-state index in [-0.39, 0.29) is 6.04 Å². The van der Waals surface area contributed by atoms with Crippen LogP contribution in [-0.4, -0.2) is 44.3 Å². The van der Waals surface area contributed by atoms with Crippen LogP contribution >= 0.6 is 11.8 Å². The van der Waals surface area contributed by atoms with Gasteiger partial charge in [0, 0.05) is 29.4 Å². The van der Waals surface area contributed by atoms with E-state index in [4.69, 9.17) is 0 Å². The third-order valence-electron chi connectivity index (χ3n) is 5.11. The van der Waals surface area contributed by atoms with Gasteiger partial charge in [-0.05, 0) is 42.9 Å². The molecule has 0 spiro atoms. The fraction of sp³-hybridized carbons (Fsp3) is 0.217. The fourth-order valence-corrected chi connectivity index (χ4v) is 6.21. The van der Waals surface area contributed by atoms with Crippen molar-refractivity contribution in [2.24, 2.45) is 0 Å². The maximum atomic E-state index is 13.6. The first-order valence-corrected chi connectivity index (χ1v) is 11.9. The fourth-order valence-electron chi connectivity index (χ4n) is 3.60. The van der Waals surface area contributed by atoms with E-state index < -0.39 is 10.0 Å². The zero-order valence-electron chi connectivity index (χ0n) is 16.3. The van der Waals surface area contributed by atoms with Crippen molar-refractivity contribution in [3.8, 4) is 0 Å². The van der Waals surface area contributed by atoms with Gasteiger partial charge >= 0.3 is 0 Å². The Hall–Kier alpha value is -2.12. The summed E-state index contributed by atoms with van der Waals surface area (Å²) in [5.74, 6) is 0. The summed E-state index contributed by atoms with van der Waals surface area (Å²) in [7, 11) is -1.57. The highest BCUT2D eigenvalue weighted by Crippen LogP contribution is 2.33. The molecule has 29 heavy (non-hydrogen) atoms. The molecule has 1 unspecified atom stereocenters. The first-order valence-electron chi connectivity index (χ1n) is 9.62. The van der Waals surface area contributed by atoms with Crippen LogP contribution in [0.2, 0.25) is 0 Å². The number of benzene rings is 3. The van der Waals surface area contributed by atoms with E-state index in [1.54, 1.807) is 28.2 Å². The van der Waals surface area contributed by atoms with Crippen LogP contribution in [0, 0.1) is 0 Å². The van der Waals surface area contributed by atoms with Crippen LogP contribution in [0.1, 0.15) is 11.6 Å². The van der Waals surface area contributed by atoms with Gasteiger partial charge in [0.15, 0.2) is 0 Å². The second-order valence-electron chi connectivity index (χ2n) is 7.19. The number of piperazine rings is 1. The van der Waals surface area contributed by atoms with Gasteiger partial charge in [-0.15, -0.1) is 0 Å². The lowest BCUT2D eigenvalue weighted by atomic mass is 10.1. The zero-order chi connectivity index (χ0) is 20.3. The summed E-state index contributed by atoms with van der Waals surface area (Å²) in [5.41, 5.74) is 1.03. The number of nitrogens with zero attached hydrogens (tertiary/aromatic N) is 2. The SMILES string of the molecule is CN1CCN(S(=O)(=O)c2cccc(Sc3ccccc3)c2)C(c2ccccc2)C1. The van der Waals surface area contributed by atoms with E-state index in [9.17, 15) is 8.42 Å². The monoisotopic (exact) mass is 424 g/mol. The summed E-state index contributed by atoms with van der Waals surface area (Å²) >= 11 is 1.57. The molecule has 0 amide bonds. The largest absolute Gasteiger partial charge is 0.303 e. The van der Waals surface area contributed by atoms with Crippen LogP contribution in [0.5, 0.6) is 0 Å². The maximum absolute atomic E-state index is 13.6. The normalized spacial score (nSPS) is 18.6. The molecule has 0 bridgehead atoms. The van der Waals surface area contributed by atoms with E-state index in [2.05, 4.69) is 4.90 Å². The molecule has 0 aromatic heterocycles. The van der Waals surface area contributed by atoms with Crippen molar-refractivity contribution in [1.29, 1.82) is 0 Å². The Morgan fingerprint density at radius 2 is 1.48 bits per heavy atom. The predicted octanol–water partition coefficient (Wildman–Crippen LogP) is 4.52. The Balaban J connectivity index is 1.65. The minimum atomic E-state index is -3.60. The van der Waals surface area contributed by atoms with Gasteiger partial charge in [-0.2, -0.15) is 4.31 Å². The molecule has 0 radical (unpaired) electrons. The van der Waals surface area contributed by atoms with Gasteiger partial charge < -0.3 is 4.90 Å². The van der Waals surface area contributed by atoms with Crippen molar-refractivity contribution in [3.05, 3.63) is 90.5 Å². The van der Waals surface area contributed by atoms with Gasteiger partial charge in [-0.1, -0.05) is 66.4 Å². The van der Waals surface area contributed by atoms with Crippen LogP contribution in [0.25, 0.3) is 0 Å². The van der Waals surface area contributed by atoms with E-state index in [0.717, 1.165) is 21.9 Å². The highest BCUT2D eigenvalue weighted by molar-refractivity contribution is 7.99. The summed E-state index contributed by atoms with van der Waals surface area (Å²) < 4.78 is 28.8. The van der Waals surface area contributed by atoms with E-state index in [1.807, 2.05) is 79.8 Å². The average molecular weight is 425 g/mol. The molecule has 150 valence electrons. The molecule has 1 aliphatic heterocycles. The first-order chi connectivity index (χ1) is 14.0. The average Bonchev–Trinajstić information content (AvgIpc) is 2.75. The molecule has 4 nitrogen and oxygen atoms in total. The van der Waals surface area contributed by atoms with Crippen molar-refractivity contribution in [2.45, 2.75) is 20.7 Å². The maximum Gasteiger partial charge on any atom is 0.243 e. The molecule has 1 aliphatic rings. The molecule has 0 N–H and O–H groups in total. The highest BCUT2D eigenvalue weighted by Gasteiger charge is 2.36.